The fraction of sp³-hybridized carbons (Fsp3) is 0.526. The summed E-state index contributed by atoms with van der Waals surface area (Å²) in [6, 6.07) is 7.37. The van der Waals surface area contributed by atoms with Crippen molar-refractivity contribution in [2.75, 3.05) is 26.2 Å². The molecule has 0 unspecified atom stereocenters. The highest BCUT2D eigenvalue weighted by Gasteiger charge is 2.37. The van der Waals surface area contributed by atoms with Gasteiger partial charge < -0.3 is 15.0 Å². The summed E-state index contributed by atoms with van der Waals surface area (Å²) in [6.45, 7) is 3.78. The van der Waals surface area contributed by atoms with Crippen molar-refractivity contribution in [3.05, 3.63) is 29.8 Å². The van der Waals surface area contributed by atoms with Crippen molar-refractivity contribution < 1.29 is 19.1 Å². The van der Waals surface area contributed by atoms with Crippen molar-refractivity contribution in [1.29, 1.82) is 0 Å². The van der Waals surface area contributed by atoms with Crippen LogP contribution in [0, 0.1) is 0 Å². The summed E-state index contributed by atoms with van der Waals surface area (Å²) in [5.74, 6) is 0.763. The fourth-order valence-electron chi connectivity index (χ4n) is 3.58. The van der Waals surface area contributed by atoms with Gasteiger partial charge in [0.2, 0.25) is 11.8 Å². The lowest BCUT2D eigenvalue weighted by atomic mass is 10.0. The number of nitrogens with one attached hydrogen (secondary N) is 1. The third-order valence-corrected chi connectivity index (χ3v) is 4.94. The molecule has 1 N–H and O–H groups in total. The second-order valence-corrected chi connectivity index (χ2v) is 6.58. The monoisotopic (exact) mass is 359 g/mol. The van der Waals surface area contributed by atoms with Crippen LogP contribution in [0.15, 0.2) is 24.3 Å². The summed E-state index contributed by atoms with van der Waals surface area (Å²) in [5, 5.41) is 2.55. The Kier molecular flexibility index (Phi) is 5.75. The van der Waals surface area contributed by atoms with E-state index < -0.39 is 0 Å². The van der Waals surface area contributed by atoms with Crippen LogP contribution >= 0.6 is 0 Å². The summed E-state index contributed by atoms with van der Waals surface area (Å²) < 4.78 is 5.61. The third-order valence-electron chi connectivity index (χ3n) is 4.94. The molecule has 4 amide bonds. The molecule has 0 aromatic heterocycles. The van der Waals surface area contributed by atoms with E-state index in [-0.39, 0.29) is 30.4 Å². The van der Waals surface area contributed by atoms with Crippen LogP contribution in [0.5, 0.6) is 5.75 Å². The predicted molar refractivity (Wildman–Crippen MR) is 95.8 cm³/mol. The summed E-state index contributed by atoms with van der Waals surface area (Å²) in [4.78, 5) is 39.2. The number of para-hydroxylation sites is 1. The maximum absolute atomic E-state index is 12.5. The zero-order chi connectivity index (χ0) is 18.5. The van der Waals surface area contributed by atoms with Gasteiger partial charge in [0.05, 0.1) is 13.2 Å². The van der Waals surface area contributed by atoms with E-state index in [0.717, 1.165) is 11.3 Å². The van der Waals surface area contributed by atoms with Gasteiger partial charge in [-0.15, -0.1) is 0 Å². The van der Waals surface area contributed by atoms with E-state index in [1.54, 1.807) is 0 Å². The van der Waals surface area contributed by atoms with Gasteiger partial charge in [-0.2, -0.15) is 0 Å². The van der Waals surface area contributed by atoms with E-state index in [9.17, 15) is 14.4 Å². The molecule has 0 aliphatic carbocycles. The molecular weight excluding hydrogens is 334 g/mol. The quantitative estimate of drug-likeness (QED) is 0.782. The molecule has 1 aromatic rings. The Balaban J connectivity index is 1.50. The van der Waals surface area contributed by atoms with Gasteiger partial charge in [0.1, 0.15) is 5.75 Å². The van der Waals surface area contributed by atoms with Crippen molar-refractivity contribution >= 4 is 17.8 Å². The standard InChI is InChI=1S/C19H25N3O4/c1-2-26-16-6-4-3-5-14(16)7-8-17(23)21-11-9-15(10-12-21)22-18(24)13-20-19(22)25/h3-6,15H,2,7-13H2,1H3,(H,20,25). The molecule has 26 heavy (non-hydrogen) atoms. The molecule has 3 rings (SSSR count). The first kappa shape index (κ1) is 18.2. The molecule has 0 atom stereocenters. The van der Waals surface area contributed by atoms with Crippen molar-refractivity contribution in [2.24, 2.45) is 0 Å². The molecule has 2 saturated heterocycles. The average Bonchev–Trinajstić information content (AvgIpc) is 2.99. The molecule has 140 valence electrons. The molecule has 7 nitrogen and oxygen atoms in total. The first-order chi connectivity index (χ1) is 12.6. The van der Waals surface area contributed by atoms with Gasteiger partial charge in [-0.05, 0) is 37.8 Å². The number of carbonyl (C=O) groups excluding carboxylic acids is 3. The van der Waals surface area contributed by atoms with E-state index in [2.05, 4.69) is 5.32 Å². The third kappa shape index (κ3) is 3.98. The summed E-state index contributed by atoms with van der Waals surface area (Å²) >= 11 is 0. The molecule has 0 bridgehead atoms. The molecule has 2 aliphatic heterocycles. The highest BCUT2D eigenvalue weighted by molar-refractivity contribution is 6.02. The van der Waals surface area contributed by atoms with Crippen LogP contribution in [0.1, 0.15) is 31.7 Å². The Bertz CT molecular complexity index is 667. The van der Waals surface area contributed by atoms with Gasteiger partial charge in [-0.25, -0.2) is 4.79 Å². The first-order valence-electron chi connectivity index (χ1n) is 9.18. The van der Waals surface area contributed by atoms with Crippen LogP contribution in [-0.4, -0.2) is 59.9 Å². The average molecular weight is 359 g/mol. The maximum Gasteiger partial charge on any atom is 0.324 e. The van der Waals surface area contributed by atoms with Crippen molar-refractivity contribution in [1.82, 2.24) is 15.1 Å². The number of aryl methyl sites for hydroxylation is 1. The maximum atomic E-state index is 12.5. The van der Waals surface area contributed by atoms with Gasteiger partial charge in [0, 0.05) is 25.6 Å². The molecule has 2 heterocycles. The number of hydrogen-bond donors (Lipinski definition) is 1. The topological polar surface area (TPSA) is 79.0 Å². The number of nitrogens with zero attached hydrogens (tertiary/aromatic N) is 2. The lowest BCUT2D eigenvalue weighted by molar-refractivity contribution is -0.133. The highest BCUT2D eigenvalue weighted by atomic mass is 16.5. The molecule has 2 fully saturated rings. The number of urea groups is 1. The number of amides is 4. The van der Waals surface area contributed by atoms with Gasteiger partial charge in [0.25, 0.3) is 0 Å². The summed E-state index contributed by atoms with van der Waals surface area (Å²) in [5.41, 5.74) is 1.04. The van der Waals surface area contributed by atoms with Crippen LogP contribution in [0.25, 0.3) is 0 Å². The number of piperidine rings is 1. The molecule has 2 aliphatic rings. The Morgan fingerprint density at radius 1 is 1.23 bits per heavy atom. The van der Waals surface area contributed by atoms with E-state index in [1.165, 1.54) is 4.90 Å². The lowest BCUT2D eigenvalue weighted by Crippen LogP contribution is -2.49. The minimum atomic E-state index is -0.313. The second-order valence-electron chi connectivity index (χ2n) is 6.58. The molecular formula is C19H25N3O4. The number of rotatable bonds is 6. The number of carbonyl (C=O) groups is 3. The van der Waals surface area contributed by atoms with Crippen LogP contribution in [-0.2, 0) is 16.0 Å². The normalized spacial score (nSPS) is 18.2. The number of imide groups is 1. The molecule has 0 radical (unpaired) electrons. The van der Waals surface area contributed by atoms with E-state index in [1.807, 2.05) is 36.1 Å². The smallest absolute Gasteiger partial charge is 0.324 e. The van der Waals surface area contributed by atoms with E-state index >= 15 is 0 Å². The molecule has 0 saturated carbocycles. The van der Waals surface area contributed by atoms with Crippen LogP contribution in [0.2, 0.25) is 0 Å². The lowest BCUT2D eigenvalue weighted by Gasteiger charge is -2.35. The number of hydrogen-bond acceptors (Lipinski definition) is 4. The Morgan fingerprint density at radius 2 is 1.96 bits per heavy atom. The molecule has 0 spiro atoms. The Hall–Kier alpha value is -2.57. The fourth-order valence-corrected chi connectivity index (χ4v) is 3.58. The van der Waals surface area contributed by atoms with Crippen molar-refractivity contribution in [2.45, 2.75) is 38.6 Å². The van der Waals surface area contributed by atoms with Crippen molar-refractivity contribution in [3.63, 3.8) is 0 Å². The number of ether oxygens (including phenoxy) is 1. The summed E-state index contributed by atoms with van der Waals surface area (Å²) in [6.07, 6.45) is 2.35. The van der Waals surface area contributed by atoms with E-state index in [4.69, 9.17) is 4.74 Å². The van der Waals surface area contributed by atoms with Gasteiger partial charge in [0.15, 0.2) is 0 Å². The summed E-state index contributed by atoms with van der Waals surface area (Å²) in [7, 11) is 0. The predicted octanol–water partition coefficient (Wildman–Crippen LogP) is 1.56. The zero-order valence-corrected chi connectivity index (χ0v) is 15.1. The van der Waals surface area contributed by atoms with Crippen LogP contribution < -0.4 is 10.1 Å². The SMILES string of the molecule is CCOc1ccccc1CCC(=O)N1CCC(N2C(=O)CNC2=O)CC1. The molecule has 1 aromatic carbocycles. The Labute approximate surface area is 153 Å². The number of benzene rings is 1. The minimum absolute atomic E-state index is 0.0806. The minimum Gasteiger partial charge on any atom is -0.494 e. The van der Waals surface area contributed by atoms with Crippen LogP contribution in [0.4, 0.5) is 4.79 Å². The second kappa shape index (κ2) is 8.21. The number of likely N-dealkylation sites (tertiary alicyclic amines) is 1. The largest absolute Gasteiger partial charge is 0.494 e. The zero-order valence-electron chi connectivity index (χ0n) is 15.1. The molecule has 7 heteroatoms. The Morgan fingerprint density at radius 3 is 2.62 bits per heavy atom. The van der Waals surface area contributed by atoms with E-state index in [0.29, 0.717) is 45.4 Å². The van der Waals surface area contributed by atoms with Crippen LogP contribution in [0.3, 0.4) is 0 Å². The first-order valence-corrected chi connectivity index (χ1v) is 9.18. The van der Waals surface area contributed by atoms with Crippen molar-refractivity contribution in [3.8, 4) is 5.75 Å². The van der Waals surface area contributed by atoms with Gasteiger partial charge in [-0.3, -0.25) is 14.5 Å². The van der Waals surface area contributed by atoms with Gasteiger partial charge in [-0.1, -0.05) is 18.2 Å². The highest BCUT2D eigenvalue weighted by Crippen LogP contribution is 2.22. The van der Waals surface area contributed by atoms with Gasteiger partial charge >= 0.3 is 6.03 Å².